The summed E-state index contributed by atoms with van der Waals surface area (Å²) < 4.78 is 1.89. The van der Waals surface area contributed by atoms with Crippen molar-refractivity contribution in [3.05, 3.63) is 152 Å². The summed E-state index contributed by atoms with van der Waals surface area (Å²) in [7, 11) is 0. The molecule has 0 radical (unpaired) electrons. The highest BCUT2D eigenvalue weighted by atomic mass is 15.2. The standard InChI is InChI=1S/C38H25N5/c1-3-9-26(10-4-1)28-15-19-30(20-16-28)36-39-37(31-21-17-29(18-22-31)27-11-5-2-6-12-27)41-38(40-36)35-24-34-23-32-13-7-8-14-33(32)25-43(34)42-35/h1-25H. The predicted octanol–water partition coefficient (Wildman–Crippen LogP) is 9.01. The maximum atomic E-state index is 4.95. The van der Waals surface area contributed by atoms with E-state index in [1.54, 1.807) is 0 Å². The molecule has 0 aliphatic heterocycles. The molecule has 5 nitrogen and oxygen atoms in total. The van der Waals surface area contributed by atoms with Gasteiger partial charge in [-0.25, -0.2) is 19.5 Å². The van der Waals surface area contributed by atoms with E-state index in [4.69, 9.17) is 20.1 Å². The summed E-state index contributed by atoms with van der Waals surface area (Å²) in [5, 5.41) is 7.16. The maximum Gasteiger partial charge on any atom is 0.184 e. The quantitative estimate of drug-likeness (QED) is 0.214. The zero-order valence-corrected chi connectivity index (χ0v) is 23.2. The molecule has 0 amide bonds. The molecule has 5 aromatic carbocycles. The van der Waals surface area contributed by atoms with Crippen LogP contribution in [0.4, 0.5) is 0 Å². The summed E-state index contributed by atoms with van der Waals surface area (Å²) in [6.07, 6.45) is 2.04. The van der Waals surface area contributed by atoms with E-state index >= 15 is 0 Å². The number of hydrogen-bond acceptors (Lipinski definition) is 4. The Labute approximate surface area is 248 Å². The maximum absolute atomic E-state index is 4.95. The molecule has 5 heteroatoms. The van der Waals surface area contributed by atoms with E-state index in [1.165, 1.54) is 11.1 Å². The van der Waals surface area contributed by atoms with Crippen LogP contribution in [0.5, 0.6) is 0 Å². The topological polar surface area (TPSA) is 56.0 Å². The molecular formula is C38H25N5. The number of benzene rings is 5. The summed E-state index contributed by atoms with van der Waals surface area (Å²) in [5.74, 6) is 1.75. The SMILES string of the molecule is c1ccc(-c2ccc(-c3nc(-c4ccc(-c5ccccc5)cc4)nc(-c4cc5cc6ccccc6cn5n4)n3)cc2)cc1. The van der Waals surface area contributed by atoms with Crippen molar-refractivity contribution >= 4 is 16.3 Å². The molecule has 43 heavy (non-hydrogen) atoms. The van der Waals surface area contributed by atoms with Crippen molar-refractivity contribution < 1.29 is 0 Å². The van der Waals surface area contributed by atoms with Crippen LogP contribution in [0, 0.1) is 0 Å². The van der Waals surface area contributed by atoms with E-state index in [0.717, 1.165) is 38.5 Å². The normalized spacial score (nSPS) is 11.3. The third kappa shape index (κ3) is 4.83. The van der Waals surface area contributed by atoms with Crippen LogP contribution >= 0.6 is 0 Å². The Morgan fingerprint density at radius 3 is 1.37 bits per heavy atom. The number of hydrogen-bond donors (Lipinski definition) is 0. The lowest BCUT2D eigenvalue weighted by Gasteiger charge is -2.09. The lowest BCUT2D eigenvalue weighted by Crippen LogP contribution is -2.00. The van der Waals surface area contributed by atoms with Gasteiger partial charge in [0.25, 0.3) is 0 Å². The summed E-state index contributed by atoms with van der Waals surface area (Å²) in [5.41, 5.74) is 8.13. The summed E-state index contributed by atoms with van der Waals surface area (Å²) >= 11 is 0. The Kier molecular flexibility index (Phi) is 6.05. The minimum Gasteiger partial charge on any atom is -0.240 e. The van der Waals surface area contributed by atoms with Gasteiger partial charge in [0, 0.05) is 22.7 Å². The molecule has 0 fully saturated rings. The van der Waals surface area contributed by atoms with E-state index < -0.39 is 0 Å². The van der Waals surface area contributed by atoms with Crippen molar-refractivity contribution in [2.45, 2.75) is 0 Å². The predicted molar refractivity (Wildman–Crippen MR) is 173 cm³/mol. The van der Waals surface area contributed by atoms with Gasteiger partial charge in [-0.3, -0.25) is 0 Å². The Hall–Kier alpha value is -5.94. The zero-order valence-electron chi connectivity index (χ0n) is 23.2. The highest BCUT2D eigenvalue weighted by molar-refractivity contribution is 5.86. The largest absolute Gasteiger partial charge is 0.240 e. The van der Waals surface area contributed by atoms with Gasteiger partial charge in [0.2, 0.25) is 0 Å². The first-order valence-electron chi connectivity index (χ1n) is 14.2. The van der Waals surface area contributed by atoms with Crippen LogP contribution in [0.25, 0.3) is 72.8 Å². The average molecular weight is 552 g/mol. The lowest BCUT2D eigenvalue weighted by molar-refractivity contribution is 0.957. The van der Waals surface area contributed by atoms with Gasteiger partial charge in [-0.15, -0.1) is 0 Å². The third-order valence-electron chi connectivity index (χ3n) is 7.69. The second-order valence-electron chi connectivity index (χ2n) is 10.5. The number of pyridine rings is 1. The van der Waals surface area contributed by atoms with Crippen LogP contribution in [0.1, 0.15) is 0 Å². The van der Waals surface area contributed by atoms with E-state index in [-0.39, 0.29) is 0 Å². The molecule has 0 spiro atoms. The Balaban J connectivity index is 1.24. The molecule has 0 aliphatic rings. The lowest BCUT2D eigenvalue weighted by atomic mass is 10.0. The average Bonchev–Trinajstić information content (AvgIpc) is 3.51. The Bertz CT molecular complexity index is 2050. The Morgan fingerprint density at radius 2 is 0.814 bits per heavy atom. The van der Waals surface area contributed by atoms with Gasteiger partial charge in [-0.2, -0.15) is 5.10 Å². The van der Waals surface area contributed by atoms with Crippen LogP contribution in [0.15, 0.2) is 152 Å². The van der Waals surface area contributed by atoms with Crippen LogP contribution in [0.2, 0.25) is 0 Å². The monoisotopic (exact) mass is 551 g/mol. The van der Waals surface area contributed by atoms with Gasteiger partial charge in [0.1, 0.15) is 5.69 Å². The summed E-state index contributed by atoms with van der Waals surface area (Å²) in [6.45, 7) is 0. The van der Waals surface area contributed by atoms with Gasteiger partial charge in [0.05, 0.1) is 5.52 Å². The Morgan fingerprint density at radius 1 is 0.372 bits per heavy atom. The number of aromatic nitrogens is 5. The number of rotatable bonds is 5. The highest BCUT2D eigenvalue weighted by Crippen LogP contribution is 2.29. The minimum absolute atomic E-state index is 0.534. The molecule has 0 atom stereocenters. The highest BCUT2D eigenvalue weighted by Gasteiger charge is 2.15. The second-order valence-corrected chi connectivity index (χ2v) is 10.5. The molecule has 3 heterocycles. The van der Waals surface area contributed by atoms with Crippen molar-refractivity contribution in [2.24, 2.45) is 0 Å². The van der Waals surface area contributed by atoms with Crippen molar-refractivity contribution in [2.75, 3.05) is 0 Å². The van der Waals surface area contributed by atoms with E-state index in [2.05, 4.69) is 115 Å². The zero-order chi connectivity index (χ0) is 28.6. The molecule has 0 aliphatic carbocycles. The number of nitrogens with zero attached hydrogens (tertiary/aromatic N) is 5. The van der Waals surface area contributed by atoms with Gasteiger partial charge in [-0.1, -0.05) is 133 Å². The van der Waals surface area contributed by atoms with Crippen LogP contribution in [-0.4, -0.2) is 24.6 Å². The third-order valence-corrected chi connectivity index (χ3v) is 7.69. The van der Waals surface area contributed by atoms with Crippen molar-refractivity contribution in [1.29, 1.82) is 0 Å². The van der Waals surface area contributed by atoms with Crippen LogP contribution < -0.4 is 0 Å². The summed E-state index contributed by atoms with van der Waals surface area (Å²) in [6, 6.07) is 49.9. The first kappa shape index (κ1) is 24.8. The molecule has 202 valence electrons. The van der Waals surface area contributed by atoms with Crippen molar-refractivity contribution in [3.63, 3.8) is 0 Å². The fourth-order valence-corrected chi connectivity index (χ4v) is 5.41. The molecule has 0 bridgehead atoms. The molecule has 8 rings (SSSR count). The van der Waals surface area contributed by atoms with Gasteiger partial charge in [-0.05, 0) is 39.8 Å². The van der Waals surface area contributed by atoms with Crippen molar-refractivity contribution in [1.82, 2.24) is 24.6 Å². The van der Waals surface area contributed by atoms with Crippen LogP contribution in [0.3, 0.4) is 0 Å². The second kappa shape index (κ2) is 10.5. The van der Waals surface area contributed by atoms with Gasteiger partial charge in [0.15, 0.2) is 17.5 Å². The molecular weight excluding hydrogens is 526 g/mol. The van der Waals surface area contributed by atoms with E-state index in [0.29, 0.717) is 23.2 Å². The van der Waals surface area contributed by atoms with Crippen molar-refractivity contribution in [3.8, 4) is 56.5 Å². The van der Waals surface area contributed by atoms with E-state index in [9.17, 15) is 0 Å². The minimum atomic E-state index is 0.534. The van der Waals surface area contributed by atoms with Gasteiger partial charge < -0.3 is 0 Å². The fourth-order valence-electron chi connectivity index (χ4n) is 5.41. The molecule has 0 unspecified atom stereocenters. The molecule has 3 aromatic heterocycles. The molecule has 0 N–H and O–H groups in total. The molecule has 0 saturated carbocycles. The smallest absolute Gasteiger partial charge is 0.184 e. The van der Waals surface area contributed by atoms with E-state index in [1.807, 2.05) is 41.0 Å². The van der Waals surface area contributed by atoms with Gasteiger partial charge >= 0.3 is 0 Å². The number of fused-ring (bicyclic) bond motifs is 2. The first-order chi connectivity index (χ1) is 21.3. The molecule has 8 aromatic rings. The fraction of sp³-hybridized carbons (Fsp3) is 0. The van der Waals surface area contributed by atoms with Crippen LogP contribution in [-0.2, 0) is 0 Å². The summed E-state index contributed by atoms with van der Waals surface area (Å²) in [4.78, 5) is 14.8. The molecule has 0 saturated heterocycles. The first-order valence-corrected chi connectivity index (χ1v) is 14.2.